The fourth-order valence-corrected chi connectivity index (χ4v) is 3.46. The van der Waals surface area contributed by atoms with Crippen molar-refractivity contribution in [3.63, 3.8) is 0 Å². The third kappa shape index (κ3) is 4.56. The third-order valence-corrected chi connectivity index (χ3v) is 5.20. The molecule has 1 aromatic carbocycles. The molecule has 4 nitrogen and oxygen atoms in total. The summed E-state index contributed by atoms with van der Waals surface area (Å²) < 4.78 is 0.996. The third-order valence-electron chi connectivity index (χ3n) is 4.67. The van der Waals surface area contributed by atoms with Crippen LogP contribution in [0.5, 0.6) is 0 Å². The molecule has 23 heavy (non-hydrogen) atoms. The van der Waals surface area contributed by atoms with Crippen LogP contribution in [0.2, 0.25) is 0 Å². The fourth-order valence-electron chi connectivity index (χ4n) is 3.20. The number of aliphatic carboxylic acids is 1. The first-order chi connectivity index (χ1) is 10.8. The highest BCUT2D eigenvalue weighted by atomic mass is 79.9. The van der Waals surface area contributed by atoms with E-state index in [4.69, 9.17) is 5.11 Å². The molecule has 0 aromatic heterocycles. The zero-order valence-electron chi connectivity index (χ0n) is 13.7. The number of hydrogen-bond donors (Lipinski definition) is 1. The van der Waals surface area contributed by atoms with Gasteiger partial charge in [0, 0.05) is 24.0 Å². The van der Waals surface area contributed by atoms with Crippen LogP contribution in [0, 0.1) is 5.92 Å². The molecule has 1 aliphatic heterocycles. The van der Waals surface area contributed by atoms with Gasteiger partial charge in [-0.3, -0.25) is 9.59 Å². The number of carboxylic acids is 1. The van der Waals surface area contributed by atoms with Crippen LogP contribution in [0.1, 0.15) is 45.1 Å². The number of amides is 1. The van der Waals surface area contributed by atoms with Crippen LogP contribution in [-0.2, 0) is 15.0 Å². The Morgan fingerprint density at radius 3 is 2.57 bits per heavy atom. The molecular formula is C18H24BrNO3. The number of piperidine rings is 1. The fraction of sp³-hybridized carbons (Fsp3) is 0.556. The first kappa shape index (κ1) is 18.0. The van der Waals surface area contributed by atoms with E-state index in [9.17, 15) is 9.59 Å². The Morgan fingerprint density at radius 1 is 1.30 bits per heavy atom. The first-order valence-electron chi connectivity index (χ1n) is 8.08. The molecule has 1 unspecified atom stereocenters. The number of likely N-dealkylation sites (tertiary alicyclic amines) is 1. The van der Waals surface area contributed by atoms with E-state index in [0.29, 0.717) is 18.9 Å². The predicted octanol–water partition coefficient (Wildman–Crippen LogP) is 3.83. The van der Waals surface area contributed by atoms with Gasteiger partial charge < -0.3 is 10.0 Å². The second-order valence-electron chi connectivity index (χ2n) is 6.82. The average Bonchev–Trinajstić information content (AvgIpc) is 2.53. The summed E-state index contributed by atoms with van der Waals surface area (Å²) >= 11 is 3.42. The van der Waals surface area contributed by atoms with E-state index in [1.807, 2.05) is 43.0 Å². The maximum Gasteiger partial charge on any atom is 0.303 e. The van der Waals surface area contributed by atoms with Crippen molar-refractivity contribution < 1.29 is 14.7 Å². The molecule has 1 amide bonds. The normalized spacial score (nSPS) is 18.7. The largest absolute Gasteiger partial charge is 0.481 e. The summed E-state index contributed by atoms with van der Waals surface area (Å²) in [6, 6.07) is 7.87. The smallest absolute Gasteiger partial charge is 0.303 e. The average molecular weight is 382 g/mol. The summed E-state index contributed by atoms with van der Waals surface area (Å²) in [6.07, 6.45) is 2.79. The quantitative estimate of drug-likeness (QED) is 0.842. The van der Waals surface area contributed by atoms with Gasteiger partial charge in [-0.1, -0.05) is 28.1 Å². The van der Waals surface area contributed by atoms with E-state index in [-0.39, 0.29) is 12.3 Å². The molecule has 0 saturated carbocycles. The van der Waals surface area contributed by atoms with Crippen LogP contribution in [-0.4, -0.2) is 35.0 Å². The number of rotatable bonds is 5. The lowest BCUT2D eigenvalue weighted by molar-refractivity contribution is -0.138. The van der Waals surface area contributed by atoms with Crippen molar-refractivity contribution in [2.24, 2.45) is 5.92 Å². The Balaban J connectivity index is 2.05. The second kappa shape index (κ2) is 7.47. The topological polar surface area (TPSA) is 57.6 Å². The zero-order valence-corrected chi connectivity index (χ0v) is 15.3. The lowest BCUT2D eigenvalue weighted by Crippen LogP contribution is -2.48. The standard InChI is InChI=1S/C18H24BrNO3/c1-18(2,14-6-8-15(19)9-7-14)17(23)20-11-3-4-13(12-20)5-10-16(21)22/h6-9,13H,3-5,10-12H2,1-2H3,(H,21,22). The van der Waals surface area contributed by atoms with Crippen LogP contribution in [0.15, 0.2) is 28.7 Å². The minimum Gasteiger partial charge on any atom is -0.481 e. The minimum atomic E-state index is -0.761. The van der Waals surface area contributed by atoms with Crippen molar-refractivity contribution >= 4 is 27.8 Å². The van der Waals surface area contributed by atoms with Gasteiger partial charge in [-0.2, -0.15) is 0 Å². The lowest BCUT2D eigenvalue weighted by Gasteiger charge is -2.38. The van der Waals surface area contributed by atoms with E-state index in [0.717, 1.165) is 29.4 Å². The molecule has 1 atom stereocenters. The van der Waals surface area contributed by atoms with Gasteiger partial charge in [-0.25, -0.2) is 0 Å². The molecule has 0 spiro atoms. The predicted molar refractivity (Wildman–Crippen MR) is 93.3 cm³/mol. The number of hydrogen-bond acceptors (Lipinski definition) is 2. The molecule has 0 aliphatic carbocycles. The van der Waals surface area contributed by atoms with Crippen LogP contribution < -0.4 is 0 Å². The number of carboxylic acid groups (broad SMARTS) is 1. The molecule has 0 radical (unpaired) electrons. The molecule has 2 rings (SSSR count). The maximum atomic E-state index is 13.0. The first-order valence-corrected chi connectivity index (χ1v) is 8.87. The second-order valence-corrected chi connectivity index (χ2v) is 7.74. The molecule has 1 N–H and O–H groups in total. The van der Waals surface area contributed by atoms with Gasteiger partial charge in [0.2, 0.25) is 5.91 Å². The SMILES string of the molecule is CC(C)(C(=O)N1CCCC(CCC(=O)O)C1)c1ccc(Br)cc1. The lowest BCUT2D eigenvalue weighted by atomic mass is 9.82. The van der Waals surface area contributed by atoms with E-state index in [2.05, 4.69) is 15.9 Å². The number of carbonyl (C=O) groups excluding carboxylic acids is 1. The van der Waals surface area contributed by atoms with Crippen molar-refractivity contribution in [3.05, 3.63) is 34.3 Å². The summed E-state index contributed by atoms with van der Waals surface area (Å²) in [4.78, 5) is 25.6. The monoisotopic (exact) mass is 381 g/mol. The summed E-state index contributed by atoms with van der Waals surface area (Å²) in [7, 11) is 0. The van der Waals surface area contributed by atoms with Gasteiger partial charge in [-0.15, -0.1) is 0 Å². The molecule has 1 heterocycles. The molecular weight excluding hydrogens is 358 g/mol. The van der Waals surface area contributed by atoms with Crippen molar-refractivity contribution in [1.82, 2.24) is 4.90 Å². The van der Waals surface area contributed by atoms with E-state index < -0.39 is 11.4 Å². The summed E-state index contributed by atoms with van der Waals surface area (Å²) in [5, 5.41) is 8.84. The van der Waals surface area contributed by atoms with Crippen molar-refractivity contribution in [2.45, 2.75) is 44.9 Å². The highest BCUT2D eigenvalue weighted by Gasteiger charge is 2.35. The summed E-state index contributed by atoms with van der Waals surface area (Å²) in [6.45, 7) is 5.35. The summed E-state index contributed by atoms with van der Waals surface area (Å²) in [5.74, 6) is -0.340. The molecule has 1 aliphatic rings. The molecule has 5 heteroatoms. The van der Waals surface area contributed by atoms with Crippen LogP contribution in [0.4, 0.5) is 0 Å². The van der Waals surface area contributed by atoms with Gasteiger partial charge in [0.25, 0.3) is 0 Å². The van der Waals surface area contributed by atoms with Gasteiger partial charge in [-0.05, 0) is 56.7 Å². The molecule has 1 fully saturated rings. The molecule has 1 aromatic rings. The number of benzene rings is 1. The van der Waals surface area contributed by atoms with Crippen molar-refractivity contribution in [1.29, 1.82) is 0 Å². The highest BCUT2D eigenvalue weighted by Crippen LogP contribution is 2.30. The van der Waals surface area contributed by atoms with Crippen LogP contribution in [0.3, 0.4) is 0 Å². The van der Waals surface area contributed by atoms with E-state index >= 15 is 0 Å². The number of nitrogens with zero attached hydrogens (tertiary/aromatic N) is 1. The summed E-state index contributed by atoms with van der Waals surface area (Å²) in [5.41, 5.74) is 0.424. The molecule has 126 valence electrons. The number of halogens is 1. The van der Waals surface area contributed by atoms with Gasteiger partial charge in [0.05, 0.1) is 5.41 Å². The Kier molecular flexibility index (Phi) is 5.84. The Labute approximate surface area is 146 Å². The van der Waals surface area contributed by atoms with Gasteiger partial charge in [0.1, 0.15) is 0 Å². The van der Waals surface area contributed by atoms with Crippen LogP contribution in [0.25, 0.3) is 0 Å². The highest BCUT2D eigenvalue weighted by molar-refractivity contribution is 9.10. The van der Waals surface area contributed by atoms with Crippen molar-refractivity contribution in [3.8, 4) is 0 Å². The van der Waals surface area contributed by atoms with E-state index in [1.165, 1.54) is 0 Å². The van der Waals surface area contributed by atoms with Crippen molar-refractivity contribution in [2.75, 3.05) is 13.1 Å². The maximum absolute atomic E-state index is 13.0. The minimum absolute atomic E-state index is 0.125. The van der Waals surface area contributed by atoms with Crippen LogP contribution >= 0.6 is 15.9 Å². The zero-order chi connectivity index (χ0) is 17.0. The molecule has 1 saturated heterocycles. The Bertz CT molecular complexity index is 568. The number of carbonyl (C=O) groups is 2. The van der Waals surface area contributed by atoms with E-state index in [1.54, 1.807) is 0 Å². The molecule has 0 bridgehead atoms. The van der Waals surface area contributed by atoms with Gasteiger partial charge >= 0.3 is 5.97 Å². The Hall–Kier alpha value is -1.36. The Morgan fingerprint density at radius 2 is 1.96 bits per heavy atom. The van der Waals surface area contributed by atoms with Gasteiger partial charge in [0.15, 0.2) is 0 Å².